The lowest BCUT2D eigenvalue weighted by atomic mass is 10.1. The van der Waals surface area contributed by atoms with E-state index in [2.05, 4.69) is 0 Å². The van der Waals surface area contributed by atoms with Gasteiger partial charge in [-0.05, 0) is 32.0 Å². The fraction of sp³-hybridized carbons (Fsp3) is 0.294. The van der Waals surface area contributed by atoms with Crippen molar-refractivity contribution in [2.45, 2.75) is 26.6 Å². The first-order valence-corrected chi connectivity index (χ1v) is 6.65. The van der Waals surface area contributed by atoms with Crippen LogP contribution in [0.5, 0.6) is 11.5 Å². The highest BCUT2D eigenvalue weighted by atomic mass is 16.5. The molecule has 0 amide bonds. The molecule has 0 saturated carbocycles. The van der Waals surface area contributed by atoms with Gasteiger partial charge in [0.15, 0.2) is 0 Å². The van der Waals surface area contributed by atoms with Crippen molar-refractivity contribution in [1.82, 2.24) is 0 Å². The van der Waals surface area contributed by atoms with Gasteiger partial charge in [0.05, 0.1) is 13.2 Å². The molecule has 20 heavy (non-hydrogen) atoms. The third-order valence-corrected chi connectivity index (χ3v) is 3.19. The highest BCUT2D eigenvalue weighted by molar-refractivity contribution is 5.39. The summed E-state index contributed by atoms with van der Waals surface area (Å²) >= 11 is 0. The Kier molecular flexibility index (Phi) is 4.64. The summed E-state index contributed by atoms with van der Waals surface area (Å²) in [4.78, 5) is 0. The minimum atomic E-state index is -0.553. The Bertz CT molecular complexity index is 576. The summed E-state index contributed by atoms with van der Waals surface area (Å²) in [6.45, 7) is 4.15. The van der Waals surface area contributed by atoms with Gasteiger partial charge in [-0.15, -0.1) is 0 Å². The first kappa shape index (κ1) is 14.4. The Labute approximate surface area is 119 Å². The molecular weight excluding hydrogens is 252 g/mol. The first-order chi connectivity index (χ1) is 9.61. The number of aliphatic hydroxyl groups excluding tert-OH is 1. The number of rotatable bonds is 5. The van der Waals surface area contributed by atoms with Gasteiger partial charge in [-0.2, -0.15) is 0 Å². The third kappa shape index (κ3) is 3.31. The van der Waals surface area contributed by atoms with Crippen molar-refractivity contribution in [3.8, 4) is 11.5 Å². The van der Waals surface area contributed by atoms with Crippen molar-refractivity contribution in [3.05, 3.63) is 59.2 Å². The molecule has 0 aliphatic heterocycles. The summed E-state index contributed by atoms with van der Waals surface area (Å²) < 4.78 is 11.1. The number of ether oxygens (including phenoxy) is 2. The monoisotopic (exact) mass is 272 g/mol. The van der Waals surface area contributed by atoms with Gasteiger partial charge in [-0.1, -0.05) is 29.8 Å². The average Bonchev–Trinajstić information content (AvgIpc) is 2.46. The van der Waals surface area contributed by atoms with Crippen LogP contribution in [0.15, 0.2) is 42.5 Å². The largest absolute Gasteiger partial charge is 0.496 e. The van der Waals surface area contributed by atoms with E-state index in [4.69, 9.17) is 9.47 Å². The summed E-state index contributed by atoms with van der Waals surface area (Å²) in [5.74, 6) is 1.51. The lowest BCUT2D eigenvalue weighted by Crippen LogP contribution is -2.02. The molecule has 0 aromatic heterocycles. The van der Waals surface area contributed by atoms with Crippen molar-refractivity contribution >= 4 is 0 Å². The van der Waals surface area contributed by atoms with Gasteiger partial charge < -0.3 is 14.6 Å². The van der Waals surface area contributed by atoms with Crippen LogP contribution in [-0.2, 0) is 6.61 Å². The summed E-state index contributed by atoms with van der Waals surface area (Å²) in [6.07, 6.45) is -0.553. The summed E-state index contributed by atoms with van der Waals surface area (Å²) in [5.41, 5.74) is 2.89. The molecule has 0 heterocycles. The van der Waals surface area contributed by atoms with E-state index in [0.717, 1.165) is 22.4 Å². The number of aryl methyl sites for hydroxylation is 1. The Balaban J connectivity index is 2.19. The van der Waals surface area contributed by atoms with E-state index in [1.165, 1.54) is 0 Å². The zero-order valence-electron chi connectivity index (χ0n) is 12.1. The maximum absolute atomic E-state index is 9.82. The van der Waals surface area contributed by atoms with E-state index in [-0.39, 0.29) is 0 Å². The minimum absolute atomic E-state index is 0.410. The summed E-state index contributed by atoms with van der Waals surface area (Å²) in [5, 5.41) is 9.82. The maximum Gasteiger partial charge on any atom is 0.125 e. The molecule has 1 atom stereocenters. The zero-order chi connectivity index (χ0) is 14.5. The van der Waals surface area contributed by atoms with Crippen LogP contribution in [0, 0.1) is 6.92 Å². The number of aliphatic hydroxyl groups is 1. The van der Waals surface area contributed by atoms with Gasteiger partial charge in [-0.3, -0.25) is 0 Å². The summed E-state index contributed by atoms with van der Waals surface area (Å²) in [6, 6.07) is 13.6. The summed E-state index contributed by atoms with van der Waals surface area (Å²) in [7, 11) is 1.64. The van der Waals surface area contributed by atoms with Crippen LogP contribution in [0.1, 0.15) is 29.7 Å². The minimum Gasteiger partial charge on any atom is -0.496 e. The zero-order valence-corrected chi connectivity index (χ0v) is 12.1. The molecule has 106 valence electrons. The lowest BCUT2D eigenvalue weighted by Gasteiger charge is -2.15. The van der Waals surface area contributed by atoms with Crippen molar-refractivity contribution < 1.29 is 14.6 Å². The predicted octanol–water partition coefficient (Wildman–Crippen LogP) is 3.64. The standard InChI is InChI=1S/C17H20O3/c1-12-8-9-17(15(10-12)13(2)18)20-11-14-6-4-5-7-16(14)19-3/h4-10,13,18H,11H2,1-3H3. The van der Waals surface area contributed by atoms with Crippen molar-refractivity contribution in [1.29, 1.82) is 0 Å². The highest BCUT2D eigenvalue weighted by Crippen LogP contribution is 2.28. The van der Waals surface area contributed by atoms with E-state index < -0.39 is 6.10 Å². The quantitative estimate of drug-likeness (QED) is 0.903. The average molecular weight is 272 g/mol. The van der Waals surface area contributed by atoms with Crippen LogP contribution >= 0.6 is 0 Å². The third-order valence-electron chi connectivity index (χ3n) is 3.19. The molecule has 2 rings (SSSR count). The van der Waals surface area contributed by atoms with E-state index in [1.807, 2.05) is 49.4 Å². The van der Waals surface area contributed by atoms with Gasteiger partial charge in [0, 0.05) is 11.1 Å². The van der Waals surface area contributed by atoms with E-state index in [9.17, 15) is 5.11 Å². The van der Waals surface area contributed by atoms with Gasteiger partial charge >= 0.3 is 0 Å². The molecule has 0 saturated heterocycles. The first-order valence-electron chi connectivity index (χ1n) is 6.65. The van der Waals surface area contributed by atoms with Gasteiger partial charge in [0.1, 0.15) is 18.1 Å². The van der Waals surface area contributed by atoms with Crippen LogP contribution in [0.2, 0.25) is 0 Å². The van der Waals surface area contributed by atoms with E-state index in [0.29, 0.717) is 12.4 Å². The SMILES string of the molecule is COc1ccccc1COc1ccc(C)cc1C(C)O. The molecule has 3 nitrogen and oxygen atoms in total. The highest BCUT2D eigenvalue weighted by Gasteiger charge is 2.10. The van der Waals surface area contributed by atoms with E-state index in [1.54, 1.807) is 14.0 Å². The van der Waals surface area contributed by atoms with Crippen LogP contribution < -0.4 is 9.47 Å². The van der Waals surface area contributed by atoms with Crippen LogP contribution in [0.4, 0.5) is 0 Å². The smallest absolute Gasteiger partial charge is 0.125 e. The fourth-order valence-electron chi connectivity index (χ4n) is 2.10. The van der Waals surface area contributed by atoms with Gasteiger partial charge in [0.25, 0.3) is 0 Å². The molecule has 3 heteroatoms. The number of hydrogen-bond acceptors (Lipinski definition) is 3. The predicted molar refractivity (Wildman–Crippen MR) is 79.1 cm³/mol. The van der Waals surface area contributed by atoms with Crippen molar-refractivity contribution in [2.75, 3.05) is 7.11 Å². The Morgan fingerprint density at radius 1 is 1.10 bits per heavy atom. The molecule has 0 spiro atoms. The lowest BCUT2D eigenvalue weighted by molar-refractivity contribution is 0.189. The molecule has 2 aromatic carbocycles. The number of benzene rings is 2. The number of para-hydroxylation sites is 1. The molecule has 1 unspecified atom stereocenters. The molecule has 1 N–H and O–H groups in total. The molecule has 0 aliphatic rings. The fourth-order valence-corrected chi connectivity index (χ4v) is 2.10. The number of hydrogen-bond donors (Lipinski definition) is 1. The molecule has 0 aliphatic carbocycles. The molecule has 0 bridgehead atoms. The Morgan fingerprint density at radius 2 is 1.85 bits per heavy atom. The second-order valence-corrected chi connectivity index (χ2v) is 4.82. The molecular formula is C17H20O3. The van der Waals surface area contributed by atoms with Crippen LogP contribution in [0.3, 0.4) is 0 Å². The van der Waals surface area contributed by atoms with Crippen LogP contribution in [-0.4, -0.2) is 12.2 Å². The molecule has 0 fully saturated rings. The normalized spacial score (nSPS) is 12.0. The second-order valence-electron chi connectivity index (χ2n) is 4.82. The van der Waals surface area contributed by atoms with Gasteiger partial charge in [0.2, 0.25) is 0 Å². The van der Waals surface area contributed by atoms with E-state index >= 15 is 0 Å². The second kappa shape index (κ2) is 6.44. The van der Waals surface area contributed by atoms with Crippen molar-refractivity contribution in [2.24, 2.45) is 0 Å². The van der Waals surface area contributed by atoms with Crippen molar-refractivity contribution in [3.63, 3.8) is 0 Å². The molecule has 0 radical (unpaired) electrons. The molecule has 2 aromatic rings. The Morgan fingerprint density at radius 3 is 2.55 bits per heavy atom. The number of methoxy groups -OCH3 is 1. The van der Waals surface area contributed by atoms with Gasteiger partial charge in [-0.25, -0.2) is 0 Å². The maximum atomic E-state index is 9.82. The van der Waals surface area contributed by atoms with Crippen LogP contribution in [0.25, 0.3) is 0 Å². The topological polar surface area (TPSA) is 38.7 Å². The Hall–Kier alpha value is -2.00.